The monoisotopic (exact) mass is 293 g/mol. The molecule has 2 aromatic rings. The summed E-state index contributed by atoms with van der Waals surface area (Å²) in [4.78, 5) is 25.5. The Balaban J connectivity index is 2.39. The van der Waals surface area contributed by atoms with E-state index in [-0.39, 0.29) is 11.3 Å². The number of rotatable bonds is 3. The van der Waals surface area contributed by atoms with Crippen molar-refractivity contribution in [3.8, 4) is 0 Å². The number of nitro groups is 1. The number of hydrogen-bond acceptors (Lipinski definition) is 4. The molecule has 0 bridgehead atoms. The Labute approximate surface area is 117 Å². The van der Waals surface area contributed by atoms with Gasteiger partial charge in [0.1, 0.15) is 5.82 Å². The van der Waals surface area contributed by atoms with Crippen molar-refractivity contribution < 1.29 is 18.5 Å². The first-order valence-corrected chi connectivity index (χ1v) is 5.75. The number of nitro benzene ring substituents is 1. The third kappa shape index (κ3) is 2.99. The molecule has 1 aromatic heterocycles. The van der Waals surface area contributed by atoms with Crippen molar-refractivity contribution >= 4 is 17.3 Å². The summed E-state index contributed by atoms with van der Waals surface area (Å²) in [6, 6.07) is 3.01. The molecule has 0 saturated heterocycles. The molecule has 0 aliphatic rings. The summed E-state index contributed by atoms with van der Waals surface area (Å²) in [5, 5.41) is 12.9. The first-order valence-electron chi connectivity index (χ1n) is 5.75. The van der Waals surface area contributed by atoms with Gasteiger partial charge in [0.15, 0.2) is 5.82 Å². The van der Waals surface area contributed by atoms with Crippen molar-refractivity contribution in [3.63, 3.8) is 0 Å². The van der Waals surface area contributed by atoms with E-state index in [1.54, 1.807) is 0 Å². The van der Waals surface area contributed by atoms with Crippen LogP contribution in [0.25, 0.3) is 0 Å². The zero-order chi connectivity index (χ0) is 15.6. The van der Waals surface area contributed by atoms with Crippen molar-refractivity contribution in [3.05, 3.63) is 63.5 Å². The Bertz CT molecular complexity index is 735. The zero-order valence-corrected chi connectivity index (χ0v) is 10.8. The minimum Gasteiger partial charge on any atom is -0.319 e. The molecule has 0 unspecified atom stereocenters. The van der Waals surface area contributed by atoms with Gasteiger partial charge < -0.3 is 5.32 Å². The number of halogens is 2. The van der Waals surface area contributed by atoms with Crippen LogP contribution in [0.3, 0.4) is 0 Å². The van der Waals surface area contributed by atoms with E-state index in [4.69, 9.17) is 0 Å². The van der Waals surface area contributed by atoms with Crippen LogP contribution in [0.1, 0.15) is 15.9 Å². The Morgan fingerprint density at radius 2 is 2.10 bits per heavy atom. The highest BCUT2D eigenvalue weighted by atomic mass is 19.1. The molecule has 1 aromatic carbocycles. The van der Waals surface area contributed by atoms with E-state index < -0.39 is 33.7 Å². The van der Waals surface area contributed by atoms with Gasteiger partial charge in [0.25, 0.3) is 11.6 Å². The summed E-state index contributed by atoms with van der Waals surface area (Å²) >= 11 is 0. The van der Waals surface area contributed by atoms with Crippen LogP contribution in [-0.2, 0) is 0 Å². The molecule has 0 fully saturated rings. The molecule has 108 valence electrons. The van der Waals surface area contributed by atoms with Gasteiger partial charge in [-0.25, -0.2) is 8.78 Å². The molecule has 1 heterocycles. The maximum absolute atomic E-state index is 13.9. The van der Waals surface area contributed by atoms with Crippen molar-refractivity contribution in [1.82, 2.24) is 4.98 Å². The summed E-state index contributed by atoms with van der Waals surface area (Å²) in [6.45, 7) is 1.30. The van der Waals surface area contributed by atoms with Gasteiger partial charge in [0.05, 0.1) is 22.4 Å². The van der Waals surface area contributed by atoms with E-state index in [2.05, 4.69) is 10.3 Å². The molecule has 1 N–H and O–H groups in total. The molecule has 21 heavy (non-hydrogen) atoms. The van der Waals surface area contributed by atoms with Crippen LogP contribution in [0.2, 0.25) is 0 Å². The van der Waals surface area contributed by atoms with E-state index in [9.17, 15) is 23.7 Å². The molecule has 0 radical (unpaired) electrons. The fourth-order valence-electron chi connectivity index (χ4n) is 1.69. The minimum absolute atomic E-state index is 0.0513. The fourth-order valence-corrected chi connectivity index (χ4v) is 1.69. The standard InChI is InChI=1S/C13H9F2N3O3/c1-7-4-8(18(20)21)5-9(12(7)15)13(19)17-11-2-3-16-6-10(11)14/h2-6H,1H3,(H,16,17,19). The first-order chi connectivity index (χ1) is 9.90. The van der Waals surface area contributed by atoms with Crippen molar-refractivity contribution in [2.45, 2.75) is 6.92 Å². The van der Waals surface area contributed by atoms with Gasteiger partial charge in [0.2, 0.25) is 0 Å². The number of carbonyl (C=O) groups excluding carboxylic acids is 1. The normalized spacial score (nSPS) is 10.2. The number of benzene rings is 1. The van der Waals surface area contributed by atoms with Crippen LogP contribution >= 0.6 is 0 Å². The Morgan fingerprint density at radius 1 is 1.38 bits per heavy atom. The maximum atomic E-state index is 13.9. The van der Waals surface area contributed by atoms with Crippen molar-refractivity contribution in [2.24, 2.45) is 0 Å². The van der Waals surface area contributed by atoms with Crippen LogP contribution in [0.15, 0.2) is 30.6 Å². The predicted molar refractivity (Wildman–Crippen MR) is 69.9 cm³/mol. The largest absolute Gasteiger partial charge is 0.319 e. The molecule has 6 nitrogen and oxygen atoms in total. The fraction of sp³-hybridized carbons (Fsp3) is 0.0769. The van der Waals surface area contributed by atoms with Crippen LogP contribution in [0.5, 0.6) is 0 Å². The number of nitrogens with one attached hydrogen (secondary N) is 1. The second-order valence-electron chi connectivity index (χ2n) is 4.19. The third-order valence-corrected chi connectivity index (χ3v) is 2.72. The van der Waals surface area contributed by atoms with Gasteiger partial charge in [-0.15, -0.1) is 0 Å². The first kappa shape index (κ1) is 14.5. The number of hydrogen-bond donors (Lipinski definition) is 1. The molecular formula is C13H9F2N3O3. The Morgan fingerprint density at radius 3 is 2.71 bits per heavy atom. The molecule has 0 spiro atoms. The van der Waals surface area contributed by atoms with Crippen LogP contribution < -0.4 is 5.32 Å². The van der Waals surface area contributed by atoms with Crippen molar-refractivity contribution in [2.75, 3.05) is 5.32 Å². The second-order valence-corrected chi connectivity index (χ2v) is 4.19. The molecule has 0 saturated carbocycles. The number of non-ortho nitro benzene ring substituents is 1. The van der Waals surface area contributed by atoms with Gasteiger partial charge >= 0.3 is 0 Å². The lowest BCUT2D eigenvalue weighted by Gasteiger charge is -2.08. The number of aryl methyl sites for hydroxylation is 1. The number of aromatic nitrogens is 1. The highest BCUT2D eigenvalue weighted by Crippen LogP contribution is 2.22. The van der Waals surface area contributed by atoms with Gasteiger partial charge in [0, 0.05) is 18.3 Å². The number of anilines is 1. The summed E-state index contributed by atoms with van der Waals surface area (Å²) in [5.41, 5.74) is -1.20. The molecule has 2 rings (SSSR count). The van der Waals surface area contributed by atoms with E-state index >= 15 is 0 Å². The van der Waals surface area contributed by atoms with E-state index in [0.717, 1.165) is 18.3 Å². The summed E-state index contributed by atoms with van der Waals surface area (Å²) in [5.74, 6) is -2.68. The molecule has 0 atom stereocenters. The summed E-state index contributed by atoms with van der Waals surface area (Å²) in [7, 11) is 0. The predicted octanol–water partition coefficient (Wildman–Crippen LogP) is 2.83. The van der Waals surface area contributed by atoms with Gasteiger partial charge in [-0.1, -0.05) is 0 Å². The molecular weight excluding hydrogens is 284 g/mol. The Hall–Kier alpha value is -2.90. The topological polar surface area (TPSA) is 85.1 Å². The third-order valence-electron chi connectivity index (χ3n) is 2.72. The van der Waals surface area contributed by atoms with E-state index in [1.165, 1.54) is 19.2 Å². The lowest BCUT2D eigenvalue weighted by atomic mass is 10.1. The second kappa shape index (κ2) is 5.61. The average Bonchev–Trinajstić information content (AvgIpc) is 2.43. The van der Waals surface area contributed by atoms with Crippen LogP contribution in [-0.4, -0.2) is 15.8 Å². The highest BCUT2D eigenvalue weighted by molar-refractivity contribution is 6.05. The van der Waals surface area contributed by atoms with Gasteiger partial charge in [-0.05, 0) is 18.6 Å². The van der Waals surface area contributed by atoms with E-state index in [1.807, 2.05) is 0 Å². The van der Waals surface area contributed by atoms with E-state index in [0.29, 0.717) is 0 Å². The lowest BCUT2D eigenvalue weighted by molar-refractivity contribution is -0.385. The summed E-state index contributed by atoms with van der Waals surface area (Å²) < 4.78 is 27.3. The SMILES string of the molecule is Cc1cc([N+](=O)[O-])cc(C(=O)Nc2ccncc2F)c1F. The van der Waals surface area contributed by atoms with Crippen LogP contribution in [0.4, 0.5) is 20.2 Å². The number of pyridine rings is 1. The molecule has 8 heteroatoms. The Kier molecular flexibility index (Phi) is 3.88. The van der Waals surface area contributed by atoms with Gasteiger partial charge in [-0.2, -0.15) is 0 Å². The molecule has 0 aliphatic carbocycles. The highest BCUT2D eigenvalue weighted by Gasteiger charge is 2.20. The maximum Gasteiger partial charge on any atom is 0.270 e. The molecule has 1 amide bonds. The van der Waals surface area contributed by atoms with Gasteiger partial charge in [-0.3, -0.25) is 19.9 Å². The zero-order valence-electron chi connectivity index (χ0n) is 10.8. The quantitative estimate of drug-likeness (QED) is 0.696. The number of nitrogens with zero attached hydrogens (tertiary/aromatic N) is 2. The minimum atomic E-state index is -0.982. The number of amides is 1. The van der Waals surface area contributed by atoms with Crippen molar-refractivity contribution in [1.29, 1.82) is 0 Å². The smallest absolute Gasteiger partial charge is 0.270 e. The number of carbonyl (C=O) groups is 1. The summed E-state index contributed by atoms with van der Waals surface area (Å²) in [6.07, 6.45) is 2.12. The lowest BCUT2D eigenvalue weighted by Crippen LogP contribution is -2.16. The average molecular weight is 293 g/mol. The molecule has 0 aliphatic heterocycles. The van der Waals surface area contributed by atoms with Crippen LogP contribution in [0, 0.1) is 28.7 Å².